The molecule has 7 rings (SSSR count). The summed E-state index contributed by atoms with van der Waals surface area (Å²) in [6.45, 7) is 7.41. The molecular formula is C33H26F5IrN8-5. The second-order valence-electron chi connectivity index (χ2n) is 10.7. The van der Waals surface area contributed by atoms with Crippen LogP contribution in [0.2, 0.25) is 0 Å². The van der Waals surface area contributed by atoms with Gasteiger partial charge < -0.3 is 34.2 Å². The van der Waals surface area contributed by atoms with Gasteiger partial charge in [0, 0.05) is 49.1 Å². The van der Waals surface area contributed by atoms with Crippen LogP contribution in [-0.4, -0.2) is 38.4 Å². The molecule has 0 saturated heterocycles. The quantitative estimate of drug-likeness (QED) is 0.145. The molecule has 3 aromatic heterocycles. The number of aromatic nitrogens is 4. The summed E-state index contributed by atoms with van der Waals surface area (Å²) < 4.78 is 68.0. The van der Waals surface area contributed by atoms with E-state index in [-0.39, 0.29) is 48.4 Å². The topological polar surface area (TPSA) is 57.3 Å². The number of pyridine rings is 1. The van der Waals surface area contributed by atoms with Crippen molar-refractivity contribution in [3.05, 3.63) is 127 Å². The molecule has 0 amide bonds. The molecule has 0 unspecified atom stereocenters. The number of hydrogen-bond acceptors (Lipinski definition) is 6. The Labute approximate surface area is 281 Å². The number of rotatable bonds is 4. The average Bonchev–Trinajstić information content (AvgIpc) is 3.79. The maximum Gasteiger partial charge on any atom is 0.431 e. The molecule has 0 bridgehead atoms. The predicted molar refractivity (Wildman–Crippen MR) is 163 cm³/mol. The molecule has 2 aromatic carbocycles. The molecule has 0 fully saturated rings. The van der Waals surface area contributed by atoms with Crippen molar-refractivity contribution >= 4 is 16.9 Å². The average molecular weight is 822 g/mol. The molecule has 0 saturated carbocycles. The van der Waals surface area contributed by atoms with Crippen LogP contribution in [0.1, 0.15) is 16.8 Å². The second-order valence-corrected chi connectivity index (χ2v) is 10.7. The van der Waals surface area contributed by atoms with Crippen LogP contribution in [-0.2, 0) is 26.3 Å². The zero-order valence-corrected chi connectivity index (χ0v) is 27.8. The summed E-state index contributed by atoms with van der Waals surface area (Å²) in [6, 6.07) is 16.8. The van der Waals surface area contributed by atoms with Crippen LogP contribution in [0.5, 0.6) is 0 Å². The van der Waals surface area contributed by atoms with E-state index in [2.05, 4.69) is 56.2 Å². The normalized spacial score (nSPS) is 14.2. The van der Waals surface area contributed by atoms with Crippen LogP contribution in [0.25, 0.3) is 28.3 Å². The van der Waals surface area contributed by atoms with Crippen LogP contribution in [0.4, 0.5) is 33.3 Å². The van der Waals surface area contributed by atoms with Crippen molar-refractivity contribution in [2.45, 2.75) is 20.0 Å². The van der Waals surface area contributed by atoms with E-state index < -0.39 is 23.5 Å². The van der Waals surface area contributed by atoms with Gasteiger partial charge in [0.15, 0.2) is 0 Å². The summed E-state index contributed by atoms with van der Waals surface area (Å²) >= 11 is 0. The second kappa shape index (κ2) is 13.2. The summed E-state index contributed by atoms with van der Waals surface area (Å²) in [7, 11) is 4.03. The van der Waals surface area contributed by atoms with Gasteiger partial charge in [-0.1, -0.05) is 30.3 Å². The summed E-state index contributed by atoms with van der Waals surface area (Å²) in [5.41, 5.74) is 2.37. The zero-order chi connectivity index (χ0) is 32.7. The Morgan fingerprint density at radius 1 is 0.894 bits per heavy atom. The first-order chi connectivity index (χ1) is 21.9. The molecule has 5 aromatic rings. The first-order valence-corrected chi connectivity index (χ1v) is 13.9. The smallest absolute Gasteiger partial charge is 0.431 e. The third-order valence-electron chi connectivity index (χ3n) is 7.16. The molecule has 14 heteroatoms. The maximum atomic E-state index is 14.2. The molecule has 247 valence electrons. The number of imidazole rings is 1. The molecule has 2 aliphatic heterocycles. The first kappa shape index (κ1) is 33.7. The van der Waals surface area contributed by atoms with Crippen LogP contribution < -0.4 is 14.9 Å². The van der Waals surface area contributed by atoms with E-state index in [1.807, 2.05) is 62.0 Å². The van der Waals surface area contributed by atoms with Crippen LogP contribution >= 0.6 is 0 Å². The summed E-state index contributed by atoms with van der Waals surface area (Å²) in [4.78, 5) is 12.5. The summed E-state index contributed by atoms with van der Waals surface area (Å²) in [5.74, 6) is -1.61. The molecule has 8 nitrogen and oxygen atoms in total. The van der Waals surface area contributed by atoms with Gasteiger partial charge in [-0.2, -0.15) is 32.1 Å². The minimum Gasteiger partial charge on any atom is -0.572 e. The summed E-state index contributed by atoms with van der Waals surface area (Å²) in [5, 5.41) is 6.85. The number of halogens is 5. The predicted octanol–water partition coefficient (Wildman–Crippen LogP) is 6.90. The number of fused-ring (bicyclic) bond motifs is 1. The Morgan fingerprint density at radius 3 is 2.06 bits per heavy atom. The minimum atomic E-state index is -4.65. The van der Waals surface area contributed by atoms with Crippen molar-refractivity contribution < 1.29 is 42.1 Å². The third kappa shape index (κ3) is 6.89. The SMILES string of the molecule is Cc1c(C(F)(F)F)n[n-]c1-c1nc(-c2[c-]cc(F)cc2F)c2ccccn12.Cc1cc(N2C=CN(C)[CH-]2)[c-]c(N2C=CN(C)[CH-]2)c1.[Ir]. The van der Waals surface area contributed by atoms with Crippen LogP contribution in [0, 0.1) is 51.0 Å². The van der Waals surface area contributed by atoms with E-state index in [9.17, 15) is 22.0 Å². The number of hydrogen-bond donors (Lipinski definition) is 0. The molecule has 1 radical (unpaired) electrons. The van der Waals surface area contributed by atoms with Crippen molar-refractivity contribution in [3.8, 4) is 22.8 Å². The number of anilines is 2. The molecule has 0 spiro atoms. The van der Waals surface area contributed by atoms with Gasteiger partial charge in [0.1, 0.15) is 11.5 Å². The fourth-order valence-electron chi connectivity index (χ4n) is 5.00. The molecule has 0 aliphatic carbocycles. The largest absolute Gasteiger partial charge is 0.572 e. The molecule has 0 N–H and O–H groups in total. The van der Waals surface area contributed by atoms with E-state index in [0.29, 0.717) is 11.6 Å². The van der Waals surface area contributed by atoms with Crippen LogP contribution in [0.15, 0.2) is 73.5 Å². The van der Waals surface area contributed by atoms with E-state index in [0.717, 1.165) is 17.4 Å². The standard InChI is InChI=1S/C18H9F5N4.C15H17N4.Ir/c1-9-14(25-26-16(9)18(21,22)23)17-24-15(13-4-2-3-7-27(13)17)11-6-5-10(19)8-12(11)20;1-13-8-14(18-6-4-16(2)11-18)10-15(9-13)19-7-5-17(3)12-19;/h2-5,7-8H,1H3;4-9,11-12H,1-3H3;/q-2;-3;. The van der Waals surface area contributed by atoms with Gasteiger partial charge in [0.25, 0.3) is 0 Å². The van der Waals surface area contributed by atoms with Crippen molar-refractivity contribution in [3.63, 3.8) is 0 Å². The number of alkyl halides is 3. The molecule has 2 aliphatic rings. The maximum absolute atomic E-state index is 14.2. The van der Waals surface area contributed by atoms with Gasteiger partial charge in [-0.3, -0.25) is 13.8 Å². The van der Waals surface area contributed by atoms with Crippen molar-refractivity contribution in [1.29, 1.82) is 0 Å². The van der Waals surface area contributed by atoms with Crippen molar-refractivity contribution in [1.82, 2.24) is 29.4 Å². The monoisotopic (exact) mass is 822 g/mol. The van der Waals surface area contributed by atoms with E-state index in [1.54, 1.807) is 24.4 Å². The minimum absolute atomic E-state index is 0. The number of aryl methyl sites for hydroxylation is 1. The Kier molecular flexibility index (Phi) is 9.46. The van der Waals surface area contributed by atoms with Gasteiger partial charge in [-0.25, -0.2) is 0 Å². The van der Waals surface area contributed by atoms with Gasteiger partial charge in [0.05, 0.1) is 0 Å². The number of benzene rings is 2. The summed E-state index contributed by atoms with van der Waals surface area (Å²) in [6.07, 6.45) is 5.01. The fraction of sp³-hybridized carbons (Fsp3) is 0.152. The van der Waals surface area contributed by atoms with Gasteiger partial charge in [-0.15, -0.1) is 41.7 Å². The van der Waals surface area contributed by atoms with E-state index >= 15 is 0 Å². The molecule has 5 heterocycles. The van der Waals surface area contributed by atoms with Crippen molar-refractivity contribution in [2.75, 3.05) is 23.9 Å². The molecule has 0 atom stereocenters. The Morgan fingerprint density at radius 2 is 1.53 bits per heavy atom. The third-order valence-corrected chi connectivity index (χ3v) is 7.16. The van der Waals surface area contributed by atoms with Gasteiger partial charge >= 0.3 is 6.18 Å². The molecular weight excluding hydrogens is 796 g/mol. The first-order valence-electron chi connectivity index (χ1n) is 13.9. The fourth-order valence-corrected chi connectivity index (χ4v) is 5.00. The Balaban J connectivity index is 0.000000191. The van der Waals surface area contributed by atoms with Crippen molar-refractivity contribution in [2.24, 2.45) is 0 Å². The Bertz CT molecular complexity index is 1920. The van der Waals surface area contributed by atoms with Gasteiger partial charge in [-0.05, 0) is 63.5 Å². The number of nitrogens with zero attached hydrogens (tertiary/aromatic N) is 8. The van der Waals surface area contributed by atoms with Crippen LogP contribution in [0.3, 0.4) is 0 Å². The van der Waals surface area contributed by atoms with Gasteiger partial charge in [0.2, 0.25) is 0 Å². The Hall–Kier alpha value is -4.68. The molecule has 47 heavy (non-hydrogen) atoms. The van der Waals surface area contributed by atoms with E-state index in [4.69, 9.17) is 0 Å². The van der Waals surface area contributed by atoms with E-state index in [1.165, 1.54) is 16.9 Å². The zero-order valence-electron chi connectivity index (χ0n) is 25.4.